The molecule has 0 aliphatic rings. The molecule has 1 aromatic heterocycles. The average Bonchev–Trinajstić information content (AvgIpc) is 2.92. The van der Waals surface area contributed by atoms with Crippen LogP contribution in [0, 0.1) is 27.7 Å². The highest BCUT2D eigenvalue weighted by atomic mass is 16.2. The smallest absolute Gasteiger partial charge is 0.296 e. The molecule has 2 aromatic carbocycles. The van der Waals surface area contributed by atoms with Crippen LogP contribution in [0.2, 0.25) is 0 Å². The fourth-order valence-corrected chi connectivity index (χ4v) is 3.04. The summed E-state index contributed by atoms with van der Waals surface area (Å²) in [4.78, 5) is 25.3. The number of rotatable bonds is 4. The van der Waals surface area contributed by atoms with Gasteiger partial charge in [-0.3, -0.25) is 9.59 Å². The third kappa shape index (κ3) is 3.28. The van der Waals surface area contributed by atoms with Crippen molar-refractivity contribution in [3.63, 3.8) is 0 Å². The van der Waals surface area contributed by atoms with E-state index in [0.717, 1.165) is 16.8 Å². The molecule has 132 valence electrons. The maximum Gasteiger partial charge on any atom is 0.296 e. The van der Waals surface area contributed by atoms with E-state index in [4.69, 9.17) is 0 Å². The van der Waals surface area contributed by atoms with Gasteiger partial charge in [-0.1, -0.05) is 35.9 Å². The quantitative estimate of drug-likeness (QED) is 0.574. The lowest BCUT2D eigenvalue weighted by Crippen LogP contribution is -2.24. The first-order valence-electron chi connectivity index (χ1n) is 8.43. The van der Waals surface area contributed by atoms with E-state index in [0.29, 0.717) is 22.6 Å². The van der Waals surface area contributed by atoms with E-state index in [9.17, 15) is 9.59 Å². The van der Waals surface area contributed by atoms with Gasteiger partial charge in [0.1, 0.15) is 0 Å². The minimum Gasteiger partial charge on any atom is -0.319 e. The van der Waals surface area contributed by atoms with Crippen LogP contribution in [-0.4, -0.2) is 21.5 Å². The molecule has 0 saturated carbocycles. The second-order valence-corrected chi connectivity index (χ2v) is 6.39. The Morgan fingerprint density at radius 2 is 1.65 bits per heavy atom. The number of nitrogens with one attached hydrogen (secondary N) is 1. The van der Waals surface area contributed by atoms with Crippen LogP contribution in [0.15, 0.2) is 48.5 Å². The van der Waals surface area contributed by atoms with Crippen molar-refractivity contribution in [2.45, 2.75) is 27.7 Å². The Hall–Kier alpha value is -3.21. The highest BCUT2D eigenvalue weighted by Crippen LogP contribution is 2.20. The minimum atomic E-state index is -0.657. The number of hydrogen-bond donors (Lipinski definition) is 1. The first-order chi connectivity index (χ1) is 12.4. The molecule has 0 radical (unpaired) electrons. The van der Waals surface area contributed by atoms with E-state index in [1.807, 2.05) is 62.4 Å². The number of ketones is 1. The standard InChI is InChI=1S/C21H21N3O2/c1-13-10-11-18(14(2)12-13)22-21(26)20(25)19-15(3)23-24(16(19)4)17-8-6-5-7-9-17/h5-12H,1-4H3,(H,22,26). The van der Waals surface area contributed by atoms with Crippen molar-refractivity contribution < 1.29 is 9.59 Å². The molecule has 0 atom stereocenters. The van der Waals surface area contributed by atoms with E-state index < -0.39 is 11.7 Å². The fraction of sp³-hybridized carbons (Fsp3) is 0.190. The minimum absolute atomic E-state index is 0.344. The molecule has 0 saturated heterocycles. The molecule has 1 amide bonds. The average molecular weight is 347 g/mol. The van der Waals surface area contributed by atoms with Crippen molar-refractivity contribution in [1.82, 2.24) is 9.78 Å². The number of Topliss-reactive ketones (excluding diaryl/α,β-unsaturated/α-hetero) is 1. The lowest BCUT2D eigenvalue weighted by atomic mass is 10.1. The summed E-state index contributed by atoms with van der Waals surface area (Å²) in [7, 11) is 0. The van der Waals surface area contributed by atoms with Gasteiger partial charge in [0.25, 0.3) is 11.7 Å². The van der Waals surface area contributed by atoms with Gasteiger partial charge in [0, 0.05) is 5.69 Å². The molecule has 1 N–H and O–H groups in total. The molecule has 0 aliphatic carbocycles. The van der Waals surface area contributed by atoms with E-state index in [2.05, 4.69) is 10.4 Å². The lowest BCUT2D eigenvalue weighted by molar-refractivity contribution is -0.112. The second-order valence-electron chi connectivity index (χ2n) is 6.39. The van der Waals surface area contributed by atoms with Gasteiger partial charge in [-0.25, -0.2) is 4.68 Å². The van der Waals surface area contributed by atoms with Gasteiger partial charge in [0.2, 0.25) is 0 Å². The number of anilines is 1. The number of benzene rings is 2. The number of para-hydroxylation sites is 1. The van der Waals surface area contributed by atoms with E-state index in [-0.39, 0.29) is 0 Å². The molecule has 0 fully saturated rings. The molecule has 0 aliphatic heterocycles. The van der Waals surface area contributed by atoms with Crippen molar-refractivity contribution in [3.8, 4) is 5.69 Å². The first kappa shape index (κ1) is 17.6. The van der Waals surface area contributed by atoms with Crippen LogP contribution in [-0.2, 0) is 4.79 Å². The summed E-state index contributed by atoms with van der Waals surface area (Å²) in [5, 5.41) is 7.15. The van der Waals surface area contributed by atoms with Gasteiger partial charge in [-0.2, -0.15) is 5.10 Å². The van der Waals surface area contributed by atoms with Crippen molar-refractivity contribution in [2.75, 3.05) is 5.32 Å². The number of aromatic nitrogens is 2. The van der Waals surface area contributed by atoms with Gasteiger partial charge in [0.05, 0.1) is 22.6 Å². The number of aryl methyl sites for hydroxylation is 3. The Kier molecular flexibility index (Phi) is 4.71. The first-order valence-corrected chi connectivity index (χ1v) is 8.43. The zero-order chi connectivity index (χ0) is 18.8. The van der Waals surface area contributed by atoms with Crippen LogP contribution in [0.3, 0.4) is 0 Å². The van der Waals surface area contributed by atoms with Gasteiger partial charge in [-0.15, -0.1) is 0 Å². The van der Waals surface area contributed by atoms with Crippen LogP contribution in [0.1, 0.15) is 32.9 Å². The predicted octanol–water partition coefficient (Wildman–Crippen LogP) is 3.93. The monoisotopic (exact) mass is 347 g/mol. The maximum atomic E-state index is 12.7. The normalized spacial score (nSPS) is 10.6. The summed E-state index contributed by atoms with van der Waals surface area (Å²) in [6, 6.07) is 15.2. The lowest BCUT2D eigenvalue weighted by Gasteiger charge is -2.09. The van der Waals surface area contributed by atoms with Gasteiger partial charge in [-0.05, 0) is 51.5 Å². The van der Waals surface area contributed by atoms with Gasteiger partial charge >= 0.3 is 0 Å². The van der Waals surface area contributed by atoms with Crippen molar-refractivity contribution in [1.29, 1.82) is 0 Å². The Balaban J connectivity index is 1.90. The molecule has 0 spiro atoms. The SMILES string of the molecule is Cc1ccc(NC(=O)C(=O)c2c(C)nn(-c3ccccc3)c2C)c(C)c1. The Morgan fingerprint density at radius 1 is 0.962 bits per heavy atom. The Labute approximate surface area is 152 Å². The zero-order valence-corrected chi connectivity index (χ0v) is 15.3. The van der Waals surface area contributed by atoms with Crippen molar-refractivity contribution in [3.05, 3.63) is 76.6 Å². The third-order valence-corrected chi connectivity index (χ3v) is 4.36. The number of nitrogens with zero attached hydrogens (tertiary/aromatic N) is 2. The molecule has 5 nitrogen and oxygen atoms in total. The summed E-state index contributed by atoms with van der Waals surface area (Å²) < 4.78 is 1.69. The number of hydrogen-bond acceptors (Lipinski definition) is 3. The van der Waals surface area contributed by atoms with Crippen molar-refractivity contribution >= 4 is 17.4 Å². The third-order valence-electron chi connectivity index (χ3n) is 4.36. The Bertz CT molecular complexity index is 988. The molecular weight excluding hydrogens is 326 g/mol. The number of amides is 1. The van der Waals surface area contributed by atoms with Gasteiger partial charge < -0.3 is 5.32 Å². The van der Waals surface area contributed by atoms with Crippen LogP contribution in [0.4, 0.5) is 5.69 Å². The summed E-state index contributed by atoms with van der Waals surface area (Å²) in [6.07, 6.45) is 0. The summed E-state index contributed by atoms with van der Waals surface area (Å²) >= 11 is 0. The van der Waals surface area contributed by atoms with Crippen LogP contribution in [0.5, 0.6) is 0 Å². The van der Waals surface area contributed by atoms with E-state index in [1.165, 1.54) is 0 Å². The van der Waals surface area contributed by atoms with Crippen LogP contribution in [0.25, 0.3) is 5.69 Å². The largest absolute Gasteiger partial charge is 0.319 e. The van der Waals surface area contributed by atoms with E-state index in [1.54, 1.807) is 18.5 Å². The fourth-order valence-electron chi connectivity index (χ4n) is 3.04. The van der Waals surface area contributed by atoms with Crippen molar-refractivity contribution in [2.24, 2.45) is 0 Å². The summed E-state index contributed by atoms with van der Waals surface area (Å²) in [6.45, 7) is 7.42. The molecule has 3 aromatic rings. The van der Waals surface area contributed by atoms with Crippen LogP contribution >= 0.6 is 0 Å². The number of carbonyl (C=O) groups is 2. The summed E-state index contributed by atoms with van der Waals surface area (Å²) in [5.74, 6) is -1.24. The van der Waals surface area contributed by atoms with E-state index >= 15 is 0 Å². The molecule has 3 rings (SSSR count). The molecule has 0 bridgehead atoms. The zero-order valence-electron chi connectivity index (χ0n) is 15.3. The second kappa shape index (κ2) is 6.96. The molecule has 0 unspecified atom stereocenters. The Morgan fingerprint density at radius 3 is 2.31 bits per heavy atom. The van der Waals surface area contributed by atoms with Gasteiger partial charge in [0.15, 0.2) is 0 Å². The molecular formula is C21H21N3O2. The predicted molar refractivity (Wildman–Crippen MR) is 102 cm³/mol. The maximum absolute atomic E-state index is 12.7. The molecule has 26 heavy (non-hydrogen) atoms. The molecule has 1 heterocycles. The topological polar surface area (TPSA) is 64.0 Å². The highest BCUT2D eigenvalue weighted by Gasteiger charge is 2.25. The summed E-state index contributed by atoms with van der Waals surface area (Å²) in [5.41, 5.74) is 5.03. The number of carbonyl (C=O) groups excluding carboxylic acids is 2. The molecule has 5 heteroatoms. The van der Waals surface area contributed by atoms with Crippen LogP contribution < -0.4 is 5.32 Å². The highest BCUT2D eigenvalue weighted by molar-refractivity contribution is 6.47.